The topological polar surface area (TPSA) is 51.8 Å². The minimum Gasteiger partial charge on any atom is -0.455 e. The van der Waals surface area contributed by atoms with Gasteiger partial charge in [-0.1, -0.05) is 146 Å². The number of hydrogen-bond acceptors (Lipinski definition) is 5. The number of fused-ring (bicyclic) bond motifs is 6. The van der Waals surface area contributed by atoms with E-state index in [0.717, 1.165) is 60.9 Å². The van der Waals surface area contributed by atoms with Gasteiger partial charge in [0, 0.05) is 58.8 Å². The van der Waals surface area contributed by atoms with Crippen molar-refractivity contribution in [2.45, 2.75) is 0 Å². The smallest absolute Gasteiger partial charge is 0.164 e. The quantitative estimate of drug-likeness (QED) is 0.185. The van der Waals surface area contributed by atoms with Gasteiger partial charge in [-0.25, -0.2) is 15.0 Å². The lowest BCUT2D eigenvalue weighted by atomic mass is 9.99. The minimum absolute atomic E-state index is 0.621. The fraction of sp³-hybridized carbons (Fsp3) is 0. The van der Waals surface area contributed by atoms with Crippen LogP contribution in [0.4, 0.5) is 0 Å². The van der Waals surface area contributed by atoms with E-state index < -0.39 is 0 Å². The number of benzene rings is 7. The van der Waals surface area contributed by atoms with Crippen molar-refractivity contribution in [2.24, 2.45) is 0 Å². The van der Waals surface area contributed by atoms with Crippen LogP contribution in [-0.4, -0.2) is 15.0 Å². The first-order chi connectivity index (χ1) is 24.8. The molecule has 4 nitrogen and oxygen atoms in total. The molecule has 0 unspecified atom stereocenters. The highest BCUT2D eigenvalue weighted by Gasteiger charge is 2.18. The zero-order chi connectivity index (χ0) is 33.0. The van der Waals surface area contributed by atoms with E-state index in [9.17, 15) is 0 Å². The Morgan fingerprint density at radius 3 is 1.56 bits per heavy atom. The molecule has 50 heavy (non-hydrogen) atoms. The fourth-order valence-electron chi connectivity index (χ4n) is 6.93. The van der Waals surface area contributed by atoms with Crippen LogP contribution in [0.3, 0.4) is 0 Å². The van der Waals surface area contributed by atoms with Gasteiger partial charge in [-0.15, -0.1) is 11.3 Å². The van der Waals surface area contributed by atoms with E-state index >= 15 is 0 Å². The summed E-state index contributed by atoms with van der Waals surface area (Å²) in [5.74, 6) is 1.90. The standard InChI is InChI=1S/C45H27N3OS/c1-3-12-28(13-4-1)33-19-10-21-37-38-22-11-20-34(42(38)49-41(33)37)30-16-9-17-31(26-30)44-46-43(29-14-5-2-6-15-29)47-45(48-44)32-24-25-36-35-18-7-8-23-39(35)50-40(36)27-32/h1-27H. The van der Waals surface area contributed by atoms with Crippen LogP contribution in [0.1, 0.15) is 0 Å². The summed E-state index contributed by atoms with van der Waals surface area (Å²) in [7, 11) is 0. The number of hydrogen-bond donors (Lipinski definition) is 0. The Morgan fingerprint density at radius 1 is 0.340 bits per heavy atom. The maximum Gasteiger partial charge on any atom is 0.164 e. The third kappa shape index (κ3) is 4.79. The van der Waals surface area contributed by atoms with Crippen LogP contribution >= 0.6 is 11.3 Å². The molecule has 5 heteroatoms. The van der Waals surface area contributed by atoms with Crippen LogP contribution < -0.4 is 0 Å². The summed E-state index contributed by atoms with van der Waals surface area (Å²) < 4.78 is 9.22. The zero-order valence-corrected chi connectivity index (χ0v) is 27.6. The SMILES string of the molecule is c1ccc(-c2nc(-c3cccc(-c4cccc5c4oc4c(-c6ccccc6)cccc45)c3)nc(-c3ccc4c(c3)sc3ccccc34)n2)cc1. The molecule has 10 aromatic rings. The Hall–Kier alpha value is -6.43. The monoisotopic (exact) mass is 657 g/mol. The van der Waals surface area contributed by atoms with Gasteiger partial charge in [-0.05, 0) is 29.3 Å². The van der Waals surface area contributed by atoms with Crippen molar-refractivity contribution < 1.29 is 4.42 Å². The predicted molar refractivity (Wildman–Crippen MR) is 207 cm³/mol. The molecule has 0 saturated heterocycles. The first-order valence-corrected chi connectivity index (χ1v) is 17.4. The van der Waals surface area contributed by atoms with E-state index in [-0.39, 0.29) is 0 Å². The summed E-state index contributed by atoms with van der Waals surface area (Å²) in [4.78, 5) is 15.1. The molecule has 0 fully saturated rings. The second kappa shape index (κ2) is 11.6. The molecule has 234 valence electrons. The average molecular weight is 658 g/mol. The lowest BCUT2D eigenvalue weighted by Crippen LogP contribution is -2.00. The zero-order valence-electron chi connectivity index (χ0n) is 26.7. The molecule has 3 heterocycles. The van der Waals surface area contributed by atoms with Crippen molar-refractivity contribution in [2.75, 3.05) is 0 Å². The molecule has 7 aromatic carbocycles. The highest BCUT2D eigenvalue weighted by Crippen LogP contribution is 2.41. The van der Waals surface area contributed by atoms with E-state index in [1.54, 1.807) is 11.3 Å². The number of para-hydroxylation sites is 2. The molecule has 3 aromatic heterocycles. The second-order valence-electron chi connectivity index (χ2n) is 12.4. The summed E-state index contributed by atoms with van der Waals surface area (Å²) in [6.07, 6.45) is 0. The van der Waals surface area contributed by atoms with Crippen LogP contribution in [-0.2, 0) is 0 Å². The Labute approximate surface area is 292 Å². The van der Waals surface area contributed by atoms with E-state index in [0.29, 0.717) is 17.5 Å². The molecule has 0 amide bonds. The summed E-state index contributed by atoms with van der Waals surface area (Å²) in [5, 5.41) is 4.71. The molecule has 0 aliphatic rings. The molecule has 0 saturated carbocycles. The summed E-state index contributed by atoms with van der Waals surface area (Å²) in [5.41, 5.74) is 8.83. The molecular formula is C45H27N3OS. The van der Waals surface area contributed by atoms with Gasteiger partial charge < -0.3 is 4.42 Å². The molecular weight excluding hydrogens is 631 g/mol. The van der Waals surface area contributed by atoms with Gasteiger partial charge in [0.1, 0.15) is 11.2 Å². The van der Waals surface area contributed by atoms with Crippen LogP contribution in [0.25, 0.3) is 98.5 Å². The van der Waals surface area contributed by atoms with Gasteiger partial charge in [0.2, 0.25) is 0 Å². The normalized spacial score (nSPS) is 11.6. The van der Waals surface area contributed by atoms with Crippen molar-refractivity contribution in [1.29, 1.82) is 0 Å². The van der Waals surface area contributed by atoms with Crippen molar-refractivity contribution in [3.63, 3.8) is 0 Å². The van der Waals surface area contributed by atoms with Gasteiger partial charge in [0.25, 0.3) is 0 Å². The first kappa shape index (κ1) is 28.6. The van der Waals surface area contributed by atoms with Crippen molar-refractivity contribution >= 4 is 53.4 Å². The number of thiophene rings is 1. The highest BCUT2D eigenvalue weighted by atomic mass is 32.1. The molecule has 0 bridgehead atoms. The Balaban J connectivity index is 1.12. The highest BCUT2D eigenvalue weighted by molar-refractivity contribution is 7.25. The van der Waals surface area contributed by atoms with E-state index in [2.05, 4.69) is 127 Å². The predicted octanol–water partition coefficient (Wildman–Crippen LogP) is 12.5. The maximum absolute atomic E-state index is 6.74. The Morgan fingerprint density at radius 2 is 0.840 bits per heavy atom. The molecule has 0 N–H and O–H groups in total. The third-order valence-electron chi connectivity index (χ3n) is 9.35. The van der Waals surface area contributed by atoms with E-state index in [1.165, 1.54) is 20.2 Å². The minimum atomic E-state index is 0.621. The second-order valence-corrected chi connectivity index (χ2v) is 13.5. The third-order valence-corrected chi connectivity index (χ3v) is 10.5. The Kier molecular flexibility index (Phi) is 6.64. The van der Waals surface area contributed by atoms with Gasteiger partial charge in [0.05, 0.1) is 0 Å². The fourth-order valence-corrected chi connectivity index (χ4v) is 8.08. The van der Waals surface area contributed by atoms with Crippen LogP contribution in [0, 0.1) is 0 Å². The van der Waals surface area contributed by atoms with Gasteiger partial charge in [-0.3, -0.25) is 0 Å². The number of aromatic nitrogens is 3. The van der Waals surface area contributed by atoms with Crippen molar-refractivity contribution in [1.82, 2.24) is 15.0 Å². The van der Waals surface area contributed by atoms with Crippen LogP contribution in [0.5, 0.6) is 0 Å². The summed E-state index contributed by atoms with van der Waals surface area (Å²) in [6, 6.07) is 56.7. The lowest BCUT2D eigenvalue weighted by Gasteiger charge is -2.10. The molecule has 0 spiro atoms. The largest absolute Gasteiger partial charge is 0.455 e. The average Bonchev–Trinajstić information content (AvgIpc) is 3.77. The number of nitrogens with zero attached hydrogens (tertiary/aromatic N) is 3. The number of rotatable bonds is 5. The van der Waals surface area contributed by atoms with E-state index in [1.807, 2.05) is 36.4 Å². The maximum atomic E-state index is 6.74. The molecule has 0 radical (unpaired) electrons. The van der Waals surface area contributed by atoms with Crippen molar-refractivity contribution in [3.05, 3.63) is 164 Å². The van der Waals surface area contributed by atoms with E-state index in [4.69, 9.17) is 19.4 Å². The molecule has 0 aliphatic carbocycles. The molecule has 10 rings (SSSR count). The summed E-state index contributed by atoms with van der Waals surface area (Å²) >= 11 is 1.79. The van der Waals surface area contributed by atoms with Gasteiger partial charge in [0.15, 0.2) is 17.5 Å². The number of furan rings is 1. The summed E-state index contributed by atoms with van der Waals surface area (Å²) in [6.45, 7) is 0. The van der Waals surface area contributed by atoms with Crippen molar-refractivity contribution in [3.8, 4) is 56.4 Å². The van der Waals surface area contributed by atoms with Gasteiger partial charge >= 0.3 is 0 Å². The van der Waals surface area contributed by atoms with Crippen LogP contribution in [0.15, 0.2) is 168 Å². The van der Waals surface area contributed by atoms with Crippen LogP contribution in [0.2, 0.25) is 0 Å². The first-order valence-electron chi connectivity index (χ1n) is 16.6. The van der Waals surface area contributed by atoms with Gasteiger partial charge in [-0.2, -0.15) is 0 Å². The lowest BCUT2D eigenvalue weighted by molar-refractivity contribution is 0.671. The Bertz CT molecular complexity index is 2870. The molecule has 0 aliphatic heterocycles. The molecule has 0 atom stereocenters.